The fraction of sp³-hybridized carbons (Fsp3) is 0.636. The van der Waals surface area contributed by atoms with Crippen LogP contribution in [0, 0.1) is 11.8 Å². The Morgan fingerprint density at radius 1 is 0.923 bits per heavy atom. The minimum Gasteiger partial charge on any atom is -0.498 e. The standard InChI is InChI=1S/C11H16O2/c1-3-12-10-6-8-5-9(10)11(7-8)13-4-2/h3-4,8-11H,1-2,5-7H2. The van der Waals surface area contributed by atoms with Crippen LogP contribution in [0.1, 0.15) is 19.3 Å². The molecule has 72 valence electrons. The Bertz CT molecular complexity index is 192. The Labute approximate surface area is 79.2 Å². The van der Waals surface area contributed by atoms with E-state index in [9.17, 15) is 0 Å². The first-order valence-electron chi connectivity index (χ1n) is 4.88. The van der Waals surface area contributed by atoms with E-state index >= 15 is 0 Å². The molecular formula is C11H16O2. The van der Waals surface area contributed by atoms with Gasteiger partial charge in [-0.2, -0.15) is 0 Å². The van der Waals surface area contributed by atoms with Gasteiger partial charge in [-0.1, -0.05) is 13.2 Å². The minimum atomic E-state index is 0.334. The maximum atomic E-state index is 5.46. The first kappa shape index (κ1) is 8.67. The molecule has 2 aliphatic carbocycles. The van der Waals surface area contributed by atoms with E-state index in [-0.39, 0.29) is 0 Å². The van der Waals surface area contributed by atoms with E-state index in [0.717, 1.165) is 5.92 Å². The van der Waals surface area contributed by atoms with Crippen molar-refractivity contribution < 1.29 is 9.47 Å². The highest BCUT2D eigenvalue weighted by Crippen LogP contribution is 2.47. The molecule has 2 saturated carbocycles. The summed E-state index contributed by atoms with van der Waals surface area (Å²) in [6, 6.07) is 0. The van der Waals surface area contributed by atoms with Crippen LogP contribution in [-0.2, 0) is 9.47 Å². The van der Waals surface area contributed by atoms with Gasteiger partial charge in [0.15, 0.2) is 0 Å². The van der Waals surface area contributed by atoms with E-state index in [1.165, 1.54) is 19.3 Å². The fourth-order valence-corrected chi connectivity index (χ4v) is 2.78. The summed E-state index contributed by atoms with van der Waals surface area (Å²) in [4.78, 5) is 0. The Morgan fingerprint density at radius 3 is 1.85 bits per heavy atom. The van der Waals surface area contributed by atoms with Gasteiger partial charge in [0.2, 0.25) is 0 Å². The molecule has 0 aliphatic heterocycles. The first-order chi connectivity index (χ1) is 6.35. The lowest BCUT2D eigenvalue weighted by atomic mass is 9.95. The summed E-state index contributed by atoms with van der Waals surface area (Å²) in [5.41, 5.74) is 0. The molecule has 0 heterocycles. The summed E-state index contributed by atoms with van der Waals surface area (Å²) in [5.74, 6) is 1.35. The maximum absolute atomic E-state index is 5.46. The van der Waals surface area contributed by atoms with Crippen molar-refractivity contribution in [2.75, 3.05) is 0 Å². The molecule has 2 nitrogen and oxygen atoms in total. The van der Waals surface area contributed by atoms with E-state index in [4.69, 9.17) is 9.47 Å². The van der Waals surface area contributed by atoms with Gasteiger partial charge >= 0.3 is 0 Å². The van der Waals surface area contributed by atoms with Gasteiger partial charge in [0, 0.05) is 5.92 Å². The van der Waals surface area contributed by atoms with Crippen molar-refractivity contribution in [2.45, 2.75) is 31.5 Å². The molecule has 0 amide bonds. The predicted octanol–water partition coefficient (Wildman–Crippen LogP) is 2.47. The monoisotopic (exact) mass is 180 g/mol. The molecule has 0 aromatic rings. The number of fused-ring (bicyclic) bond motifs is 2. The van der Waals surface area contributed by atoms with E-state index in [0.29, 0.717) is 18.1 Å². The molecule has 0 aromatic heterocycles. The fourth-order valence-electron chi connectivity index (χ4n) is 2.78. The zero-order valence-electron chi connectivity index (χ0n) is 7.82. The zero-order chi connectivity index (χ0) is 9.26. The van der Waals surface area contributed by atoms with Crippen LogP contribution in [0.15, 0.2) is 25.7 Å². The summed E-state index contributed by atoms with van der Waals surface area (Å²) in [7, 11) is 0. The van der Waals surface area contributed by atoms with Crippen LogP contribution in [0.3, 0.4) is 0 Å². The van der Waals surface area contributed by atoms with Crippen molar-refractivity contribution in [3.63, 3.8) is 0 Å². The quantitative estimate of drug-likeness (QED) is 0.619. The Kier molecular flexibility index (Phi) is 2.30. The Hall–Kier alpha value is -0.920. The number of hydrogen-bond donors (Lipinski definition) is 0. The minimum absolute atomic E-state index is 0.334. The van der Waals surface area contributed by atoms with Gasteiger partial charge in [0.05, 0.1) is 12.5 Å². The van der Waals surface area contributed by atoms with Gasteiger partial charge in [0.1, 0.15) is 12.2 Å². The number of ether oxygens (including phenoxy) is 2. The second-order valence-corrected chi connectivity index (χ2v) is 3.92. The van der Waals surface area contributed by atoms with E-state index in [2.05, 4.69) is 13.2 Å². The van der Waals surface area contributed by atoms with Crippen LogP contribution in [-0.4, -0.2) is 12.2 Å². The molecule has 2 atom stereocenters. The number of hydrogen-bond acceptors (Lipinski definition) is 2. The van der Waals surface area contributed by atoms with Crippen molar-refractivity contribution >= 4 is 0 Å². The highest BCUT2D eigenvalue weighted by Gasteiger charge is 2.48. The van der Waals surface area contributed by atoms with E-state index < -0.39 is 0 Å². The Morgan fingerprint density at radius 2 is 1.46 bits per heavy atom. The smallest absolute Gasteiger partial charge is 0.104 e. The van der Waals surface area contributed by atoms with Crippen molar-refractivity contribution in [1.29, 1.82) is 0 Å². The predicted molar refractivity (Wildman–Crippen MR) is 51.0 cm³/mol. The normalized spacial score (nSPS) is 41.5. The first-order valence-corrected chi connectivity index (χ1v) is 4.88. The molecule has 13 heavy (non-hydrogen) atoms. The Balaban J connectivity index is 1.97. The molecule has 2 unspecified atom stereocenters. The molecule has 2 aliphatic rings. The van der Waals surface area contributed by atoms with E-state index in [1.54, 1.807) is 12.5 Å². The molecule has 0 N–H and O–H groups in total. The topological polar surface area (TPSA) is 18.5 Å². The van der Waals surface area contributed by atoms with Crippen LogP contribution in [0.2, 0.25) is 0 Å². The second-order valence-electron chi connectivity index (χ2n) is 3.92. The average Bonchev–Trinajstić information content (AvgIpc) is 2.64. The van der Waals surface area contributed by atoms with Crippen LogP contribution >= 0.6 is 0 Å². The molecule has 0 radical (unpaired) electrons. The average molecular weight is 180 g/mol. The van der Waals surface area contributed by atoms with Gasteiger partial charge < -0.3 is 9.47 Å². The second kappa shape index (κ2) is 3.44. The van der Waals surface area contributed by atoms with Crippen molar-refractivity contribution in [2.24, 2.45) is 11.8 Å². The SMILES string of the molecule is C=COC1CC2CC(OC=C)C1C2. The molecule has 2 fully saturated rings. The molecular weight excluding hydrogens is 164 g/mol. The van der Waals surface area contributed by atoms with Crippen molar-refractivity contribution in [3.05, 3.63) is 25.7 Å². The summed E-state index contributed by atoms with van der Waals surface area (Å²) in [6.45, 7) is 7.19. The third-order valence-electron chi connectivity index (χ3n) is 3.23. The van der Waals surface area contributed by atoms with Crippen molar-refractivity contribution in [1.82, 2.24) is 0 Å². The summed E-state index contributed by atoms with van der Waals surface area (Å²) in [6.07, 6.45) is 7.37. The van der Waals surface area contributed by atoms with Gasteiger partial charge in [-0.15, -0.1) is 0 Å². The van der Waals surface area contributed by atoms with Crippen LogP contribution in [0.25, 0.3) is 0 Å². The summed E-state index contributed by atoms with van der Waals surface area (Å²) >= 11 is 0. The lowest BCUT2D eigenvalue weighted by Gasteiger charge is -2.28. The molecule has 0 spiro atoms. The molecule has 2 bridgehead atoms. The lowest BCUT2D eigenvalue weighted by Crippen LogP contribution is -2.30. The highest BCUT2D eigenvalue weighted by atomic mass is 16.5. The van der Waals surface area contributed by atoms with Gasteiger partial charge in [0.25, 0.3) is 0 Å². The number of rotatable bonds is 4. The summed E-state index contributed by atoms with van der Waals surface area (Å²) in [5, 5.41) is 0. The lowest BCUT2D eigenvalue weighted by molar-refractivity contribution is 0.00349. The maximum Gasteiger partial charge on any atom is 0.104 e. The zero-order valence-corrected chi connectivity index (χ0v) is 7.82. The third-order valence-corrected chi connectivity index (χ3v) is 3.23. The van der Waals surface area contributed by atoms with Crippen LogP contribution in [0.4, 0.5) is 0 Å². The molecule has 2 rings (SSSR count). The van der Waals surface area contributed by atoms with Crippen LogP contribution in [0.5, 0.6) is 0 Å². The van der Waals surface area contributed by atoms with Gasteiger partial charge in [-0.25, -0.2) is 0 Å². The van der Waals surface area contributed by atoms with Gasteiger partial charge in [-0.05, 0) is 25.2 Å². The van der Waals surface area contributed by atoms with Crippen molar-refractivity contribution in [3.8, 4) is 0 Å². The highest BCUT2D eigenvalue weighted by molar-refractivity contribution is 4.98. The molecule has 2 heteroatoms. The summed E-state index contributed by atoms with van der Waals surface area (Å²) < 4.78 is 10.9. The van der Waals surface area contributed by atoms with E-state index in [1.807, 2.05) is 0 Å². The van der Waals surface area contributed by atoms with Gasteiger partial charge in [-0.3, -0.25) is 0 Å². The third kappa shape index (κ3) is 1.45. The largest absolute Gasteiger partial charge is 0.498 e. The van der Waals surface area contributed by atoms with Crippen LogP contribution < -0.4 is 0 Å². The molecule has 0 aromatic carbocycles. The molecule has 0 saturated heterocycles.